The van der Waals surface area contributed by atoms with Crippen LogP contribution in [0, 0.1) is 0 Å². The third-order valence-electron chi connectivity index (χ3n) is 3.93. The Morgan fingerprint density at radius 1 is 1.63 bits per heavy atom. The van der Waals surface area contributed by atoms with Crippen molar-refractivity contribution < 1.29 is 19.5 Å². The normalized spacial score (nSPS) is 22.2. The van der Waals surface area contributed by atoms with E-state index in [0.717, 1.165) is 11.8 Å². The van der Waals surface area contributed by atoms with E-state index in [2.05, 4.69) is 15.5 Å². The number of thiocarbonyl (C=S) groups is 1. The number of hydrogen-bond donors (Lipinski definition) is 3. The Balaban J connectivity index is 1.77. The number of nitrogens with zero attached hydrogens (tertiary/aromatic N) is 3. The summed E-state index contributed by atoms with van der Waals surface area (Å²) in [6.07, 6.45) is 0. The molecule has 27 heavy (non-hydrogen) atoms. The number of alkyl halides is 1. The summed E-state index contributed by atoms with van der Waals surface area (Å²) in [7, 11) is 1.32. The number of nitrogens with two attached hydrogens (primary N) is 1. The van der Waals surface area contributed by atoms with Crippen molar-refractivity contribution in [2.75, 3.05) is 25.3 Å². The lowest BCUT2D eigenvalue weighted by atomic mass is 9.95. The highest BCUT2D eigenvalue weighted by Gasteiger charge is 2.49. The zero-order valence-corrected chi connectivity index (χ0v) is 17.0. The highest BCUT2D eigenvalue weighted by molar-refractivity contribution is 8.25. The van der Waals surface area contributed by atoms with Crippen LogP contribution in [0.5, 0.6) is 0 Å². The van der Waals surface area contributed by atoms with Crippen LogP contribution < -0.4 is 11.1 Å². The van der Waals surface area contributed by atoms with Crippen LogP contribution >= 0.6 is 46.9 Å². The second kappa shape index (κ2) is 8.00. The monoisotopic (exact) mass is 447 g/mol. The number of hydrogen-bond acceptors (Lipinski definition) is 10. The fourth-order valence-corrected chi connectivity index (χ4v) is 5.25. The number of nitrogen functional groups attached to an aromatic ring is 1. The lowest BCUT2D eigenvalue weighted by Crippen LogP contribution is -2.70. The number of thioether (sulfide) groups is 1. The van der Waals surface area contributed by atoms with Gasteiger partial charge in [0, 0.05) is 16.8 Å². The molecule has 2 aliphatic heterocycles. The number of anilines is 1. The van der Waals surface area contributed by atoms with E-state index in [1.54, 1.807) is 10.3 Å². The van der Waals surface area contributed by atoms with E-state index >= 15 is 0 Å². The molecular weight excluding hydrogens is 434 g/mol. The zero-order valence-electron chi connectivity index (χ0n) is 13.8. The maximum Gasteiger partial charge on any atom is 0.353 e. The number of aromatic nitrogens is 1. The molecular formula is C14H14ClN5O4S3. The van der Waals surface area contributed by atoms with Crippen molar-refractivity contribution in [1.29, 1.82) is 0 Å². The zero-order chi connectivity index (χ0) is 19.7. The molecule has 1 fully saturated rings. The van der Waals surface area contributed by atoms with Gasteiger partial charge in [-0.3, -0.25) is 4.79 Å². The van der Waals surface area contributed by atoms with Crippen LogP contribution in [0.4, 0.5) is 5.13 Å². The minimum atomic E-state index is -1.07. The van der Waals surface area contributed by atoms with Gasteiger partial charge >= 0.3 is 5.97 Å². The standard InChI is InChI=1S/C14H14ClN5O4S3/c1-24-19-8(6-4-26-14(16)18-6)11(21)17-5-3-20-9(5)13(25)27-7(2-15)10(20)12(22)23/h4-5,9H,2-3H2,1H3,(H2,16,18)(H,17,21)(H,22,23). The first kappa shape index (κ1) is 19.9. The smallest absolute Gasteiger partial charge is 0.353 e. The van der Waals surface area contributed by atoms with E-state index in [0.29, 0.717) is 26.5 Å². The lowest BCUT2D eigenvalue weighted by molar-refractivity contribution is -0.135. The number of aliphatic carboxylic acids is 1. The van der Waals surface area contributed by atoms with Crippen molar-refractivity contribution in [3.8, 4) is 0 Å². The molecule has 1 saturated heterocycles. The van der Waals surface area contributed by atoms with Crippen molar-refractivity contribution in [2.24, 2.45) is 5.16 Å². The van der Waals surface area contributed by atoms with Crippen LogP contribution in [-0.4, -0.2) is 68.4 Å². The van der Waals surface area contributed by atoms with Crippen molar-refractivity contribution in [3.63, 3.8) is 0 Å². The molecule has 0 saturated carbocycles. The predicted octanol–water partition coefficient (Wildman–Crippen LogP) is 0.854. The average molecular weight is 448 g/mol. The summed E-state index contributed by atoms with van der Waals surface area (Å²) >= 11 is 13.6. The predicted molar refractivity (Wildman–Crippen MR) is 108 cm³/mol. The van der Waals surface area contributed by atoms with Gasteiger partial charge in [0.15, 0.2) is 10.8 Å². The molecule has 0 spiro atoms. The van der Waals surface area contributed by atoms with Gasteiger partial charge in [0.25, 0.3) is 5.91 Å². The molecule has 2 unspecified atom stereocenters. The van der Waals surface area contributed by atoms with Gasteiger partial charge in [0.1, 0.15) is 18.5 Å². The van der Waals surface area contributed by atoms with Gasteiger partial charge in [-0.05, 0) is 0 Å². The molecule has 4 N–H and O–H groups in total. The third-order valence-corrected chi connectivity index (χ3v) is 6.55. The first-order valence-electron chi connectivity index (χ1n) is 7.51. The van der Waals surface area contributed by atoms with Crippen LogP contribution in [0.2, 0.25) is 0 Å². The van der Waals surface area contributed by atoms with Crippen LogP contribution in [-0.2, 0) is 14.4 Å². The summed E-state index contributed by atoms with van der Waals surface area (Å²) in [5, 5.41) is 17.9. The van der Waals surface area contributed by atoms with Crippen molar-refractivity contribution >= 4 is 73.8 Å². The number of oxime groups is 1. The average Bonchev–Trinajstić information content (AvgIpc) is 3.02. The SMILES string of the molecule is CON=C(C(=O)NC1CN2C(C(=O)O)=C(CCl)SC(=S)C12)c1csc(N)n1. The van der Waals surface area contributed by atoms with Gasteiger partial charge in [-0.1, -0.05) is 29.1 Å². The number of carboxylic acid groups (broad SMARTS) is 1. The fraction of sp³-hybridized carbons (Fsp3) is 0.357. The molecule has 0 aliphatic carbocycles. The summed E-state index contributed by atoms with van der Waals surface area (Å²) in [6, 6.07) is -0.793. The van der Waals surface area contributed by atoms with Gasteiger partial charge in [-0.25, -0.2) is 9.78 Å². The number of nitrogens with one attached hydrogen (secondary N) is 1. The van der Waals surface area contributed by atoms with Crippen molar-refractivity contribution in [2.45, 2.75) is 12.1 Å². The van der Waals surface area contributed by atoms with Crippen LogP contribution in [0.3, 0.4) is 0 Å². The van der Waals surface area contributed by atoms with E-state index < -0.39 is 17.9 Å². The Bertz CT molecular complexity index is 871. The van der Waals surface area contributed by atoms with E-state index in [4.69, 9.17) is 34.4 Å². The number of carboxylic acids is 1. The number of halogens is 1. The van der Waals surface area contributed by atoms with Gasteiger partial charge in [0.05, 0.1) is 22.2 Å². The minimum Gasteiger partial charge on any atom is -0.477 e. The molecule has 1 amide bonds. The molecule has 0 aromatic carbocycles. The number of thiazole rings is 1. The number of amides is 1. The molecule has 2 aliphatic rings. The highest BCUT2D eigenvalue weighted by Crippen LogP contribution is 2.40. The molecule has 3 rings (SSSR count). The van der Waals surface area contributed by atoms with Gasteiger partial charge in [-0.2, -0.15) is 0 Å². The van der Waals surface area contributed by atoms with E-state index in [1.807, 2.05) is 0 Å². The number of allylic oxidation sites excluding steroid dienone is 1. The molecule has 0 bridgehead atoms. The van der Waals surface area contributed by atoms with Crippen LogP contribution in [0.25, 0.3) is 0 Å². The summed E-state index contributed by atoms with van der Waals surface area (Å²) < 4.78 is 0.551. The molecule has 13 heteroatoms. The summed E-state index contributed by atoms with van der Waals surface area (Å²) in [5.74, 6) is -1.53. The topological polar surface area (TPSA) is 130 Å². The lowest BCUT2D eigenvalue weighted by Gasteiger charge is -2.52. The molecule has 3 heterocycles. The maximum absolute atomic E-state index is 12.6. The third kappa shape index (κ3) is 3.74. The summed E-state index contributed by atoms with van der Waals surface area (Å²) in [4.78, 5) is 35.1. The Morgan fingerprint density at radius 2 is 2.37 bits per heavy atom. The van der Waals surface area contributed by atoms with Crippen LogP contribution in [0.1, 0.15) is 5.69 Å². The van der Waals surface area contributed by atoms with Crippen LogP contribution in [0.15, 0.2) is 21.1 Å². The van der Waals surface area contributed by atoms with Gasteiger partial charge in [-0.15, -0.1) is 22.9 Å². The Morgan fingerprint density at radius 3 is 2.93 bits per heavy atom. The Hall–Kier alpha value is -1.89. The van der Waals surface area contributed by atoms with E-state index in [9.17, 15) is 14.7 Å². The number of carbonyl (C=O) groups is 2. The molecule has 1 aromatic heterocycles. The Kier molecular flexibility index (Phi) is 5.89. The summed E-state index contributed by atoms with van der Waals surface area (Å²) in [5.41, 5.74) is 6.01. The number of fused-ring (bicyclic) bond motifs is 1. The second-order valence-electron chi connectivity index (χ2n) is 5.50. The van der Waals surface area contributed by atoms with Crippen molar-refractivity contribution in [3.05, 3.63) is 21.7 Å². The first-order chi connectivity index (χ1) is 12.9. The first-order valence-corrected chi connectivity index (χ1v) is 10.1. The van der Waals surface area contributed by atoms with E-state index in [-0.39, 0.29) is 23.3 Å². The highest BCUT2D eigenvalue weighted by atomic mass is 35.5. The molecule has 0 radical (unpaired) electrons. The van der Waals surface area contributed by atoms with E-state index in [1.165, 1.54) is 18.4 Å². The fourth-order valence-electron chi connectivity index (χ4n) is 2.80. The molecule has 2 atom stereocenters. The molecule has 1 aromatic rings. The van der Waals surface area contributed by atoms with Gasteiger partial charge < -0.3 is 25.9 Å². The summed E-state index contributed by atoms with van der Waals surface area (Å²) in [6.45, 7) is 0.290. The van der Waals surface area contributed by atoms with Gasteiger partial charge in [0.2, 0.25) is 0 Å². The van der Waals surface area contributed by atoms with Crippen molar-refractivity contribution in [1.82, 2.24) is 15.2 Å². The molecule has 144 valence electrons. The maximum atomic E-state index is 12.6. The quantitative estimate of drug-likeness (QED) is 0.251. The second-order valence-corrected chi connectivity index (χ2v) is 8.49. The molecule has 9 nitrogen and oxygen atoms in total. The number of carbonyl (C=O) groups excluding carboxylic acids is 1. The Labute approximate surface area is 172 Å². The number of rotatable bonds is 6. The minimum absolute atomic E-state index is 0.0197. The largest absolute Gasteiger partial charge is 0.477 e.